The Morgan fingerprint density at radius 3 is 2.07 bits per heavy atom. The first-order chi connectivity index (χ1) is 7.33. The Morgan fingerprint density at radius 2 is 1.73 bits per heavy atom. The van der Waals surface area contributed by atoms with Crippen LogP contribution in [0, 0.1) is 17.3 Å². The van der Waals surface area contributed by atoms with Crippen LogP contribution in [0.25, 0.3) is 0 Å². The van der Waals surface area contributed by atoms with Crippen molar-refractivity contribution in [1.82, 2.24) is 5.32 Å². The molecule has 3 saturated carbocycles. The van der Waals surface area contributed by atoms with Crippen LogP contribution in [0.2, 0.25) is 0 Å². The van der Waals surface area contributed by atoms with Crippen LogP contribution in [0.3, 0.4) is 0 Å². The van der Waals surface area contributed by atoms with Crippen molar-refractivity contribution in [2.24, 2.45) is 23.0 Å². The van der Waals surface area contributed by atoms with Crippen molar-refractivity contribution in [1.29, 1.82) is 0 Å². The fourth-order valence-corrected chi connectivity index (χ4v) is 3.09. The molecule has 0 aromatic carbocycles. The summed E-state index contributed by atoms with van der Waals surface area (Å²) in [6.45, 7) is 2.09. The highest BCUT2D eigenvalue weighted by Crippen LogP contribution is 2.46. The van der Waals surface area contributed by atoms with Crippen molar-refractivity contribution in [3.05, 3.63) is 0 Å². The Hall–Kier alpha value is -0.0800. The first-order valence-corrected chi connectivity index (χ1v) is 6.76. The zero-order chi connectivity index (χ0) is 10.3. The third kappa shape index (κ3) is 2.07. The summed E-state index contributed by atoms with van der Waals surface area (Å²) in [5.41, 5.74) is 6.39. The van der Waals surface area contributed by atoms with Gasteiger partial charge in [0, 0.05) is 12.6 Å². The van der Waals surface area contributed by atoms with Crippen LogP contribution in [0.5, 0.6) is 0 Å². The number of hydrogen-bond donors (Lipinski definition) is 2. The Morgan fingerprint density at radius 1 is 1.13 bits per heavy atom. The molecule has 3 aliphatic rings. The van der Waals surface area contributed by atoms with E-state index in [2.05, 4.69) is 5.32 Å². The first-order valence-electron chi connectivity index (χ1n) is 6.76. The van der Waals surface area contributed by atoms with E-state index in [-0.39, 0.29) is 0 Å². The average molecular weight is 208 g/mol. The van der Waals surface area contributed by atoms with Crippen LogP contribution in [-0.4, -0.2) is 19.1 Å². The van der Waals surface area contributed by atoms with E-state index in [1.165, 1.54) is 51.5 Å². The predicted molar refractivity (Wildman–Crippen MR) is 62.6 cm³/mol. The summed E-state index contributed by atoms with van der Waals surface area (Å²) >= 11 is 0. The molecule has 15 heavy (non-hydrogen) atoms. The van der Waals surface area contributed by atoms with Gasteiger partial charge in [-0.25, -0.2) is 0 Å². The fraction of sp³-hybridized carbons (Fsp3) is 1.00. The third-order valence-electron chi connectivity index (χ3n) is 4.82. The molecule has 86 valence electrons. The molecule has 3 N–H and O–H groups in total. The minimum absolute atomic E-state index is 0.488. The summed E-state index contributed by atoms with van der Waals surface area (Å²) in [7, 11) is 0. The summed E-state index contributed by atoms with van der Waals surface area (Å²) in [6, 6.07) is 0.856. The van der Waals surface area contributed by atoms with Crippen LogP contribution in [0.15, 0.2) is 0 Å². The van der Waals surface area contributed by atoms with Crippen LogP contribution in [-0.2, 0) is 0 Å². The first kappa shape index (κ1) is 10.1. The number of nitrogens with two attached hydrogens (primary N) is 1. The monoisotopic (exact) mass is 208 g/mol. The molecule has 0 spiro atoms. The smallest absolute Gasteiger partial charge is 0.0124 e. The van der Waals surface area contributed by atoms with Gasteiger partial charge >= 0.3 is 0 Å². The third-order valence-corrected chi connectivity index (χ3v) is 4.82. The SMILES string of the molecule is NCC1(CNC(C2CC2)C2CC2)CCC1. The molecule has 2 heteroatoms. The van der Waals surface area contributed by atoms with Gasteiger partial charge in [0.15, 0.2) is 0 Å². The summed E-state index contributed by atoms with van der Waals surface area (Å²) in [6.07, 6.45) is 10.0. The second-order valence-corrected chi connectivity index (χ2v) is 6.14. The highest BCUT2D eigenvalue weighted by Gasteiger charge is 2.43. The summed E-state index contributed by atoms with van der Waals surface area (Å²) in [4.78, 5) is 0. The van der Waals surface area contributed by atoms with Gasteiger partial charge in [0.05, 0.1) is 0 Å². The van der Waals surface area contributed by atoms with E-state index in [0.29, 0.717) is 5.41 Å². The predicted octanol–water partition coefficient (Wildman–Crippen LogP) is 1.89. The van der Waals surface area contributed by atoms with Crippen molar-refractivity contribution in [3.8, 4) is 0 Å². The Balaban J connectivity index is 1.50. The molecular weight excluding hydrogens is 184 g/mol. The number of hydrogen-bond acceptors (Lipinski definition) is 2. The van der Waals surface area contributed by atoms with E-state index in [1.54, 1.807) is 0 Å². The van der Waals surface area contributed by atoms with Crippen LogP contribution >= 0.6 is 0 Å². The highest BCUT2D eigenvalue weighted by molar-refractivity contribution is 4.99. The summed E-state index contributed by atoms with van der Waals surface area (Å²) in [5.74, 6) is 2.04. The lowest BCUT2D eigenvalue weighted by Crippen LogP contribution is -2.49. The van der Waals surface area contributed by atoms with Gasteiger partial charge in [-0.1, -0.05) is 6.42 Å². The molecule has 3 aliphatic carbocycles. The molecule has 0 atom stereocenters. The molecule has 2 nitrogen and oxygen atoms in total. The molecule has 0 bridgehead atoms. The molecule has 0 heterocycles. The van der Waals surface area contributed by atoms with E-state index >= 15 is 0 Å². The van der Waals surface area contributed by atoms with Gasteiger partial charge in [0.1, 0.15) is 0 Å². The molecule has 0 saturated heterocycles. The number of rotatable bonds is 6. The van der Waals surface area contributed by atoms with Crippen molar-refractivity contribution >= 4 is 0 Å². The minimum Gasteiger partial charge on any atom is -0.330 e. The quantitative estimate of drug-likeness (QED) is 0.699. The Bertz CT molecular complexity index is 209. The molecule has 0 radical (unpaired) electrons. The van der Waals surface area contributed by atoms with Crippen molar-refractivity contribution in [2.45, 2.75) is 51.0 Å². The Kier molecular flexibility index (Phi) is 2.52. The topological polar surface area (TPSA) is 38.0 Å². The molecule has 0 amide bonds. The molecule has 3 rings (SSSR count). The van der Waals surface area contributed by atoms with Gasteiger partial charge in [-0.05, 0) is 62.3 Å². The molecule has 0 aromatic heterocycles. The lowest BCUT2D eigenvalue weighted by atomic mass is 9.68. The molecular formula is C13H24N2. The van der Waals surface area contributed by atoms with Crippen molar-refractivity contribution < 1.29 is 0 Å². The lowest BCUT2D eigenvalue weighted by molar-refractivity contribution is 0.131. The van der Waals surface area contributed by atoms with Crippen molar-refractivity contribution in [2.75, 3.05) is 13.1 Å². The largest absolute Gasteiger partial charge is 0.330 e. The number of nitrogens with one attached hydrogen (secondary N) is 1. The molecule has 3 fully saturated rings. The van der Waals surface area contributed by atoms with Crippen LogP contribution in [0.1, 0.15) is 44.9 Å². The normalized spacial score (nSPS) is 29.2. The Labute approximate surface area is 93.0 Å². The van der Waals surface area contributed by atoms with Gasteiger partial charge in [0.25, 0.3) is 0 Å². The second-order valence-electron chi connectivity index (χ2n) is 6.14. The van der Waals surface area contributed by atoms with Gasteiger partial charge in [-0.3, -0.25) is 0 Å². The van der Waals surface area contributed by atoms with E-state index in [1.807, 2.05) is 0 Å². The van der Waals surface area contributed by atoms with E-state index in [4.69, 9.17) is 5.73 Å². The second kappa shape index (κ2) is 3.74. The molecule has 0 aromatic rings. The highest BCUT2D eigenvalue weighted by atomic mass is 15.0. The maximum absolute atomic E-state index is 5.90. The van der Waals surface area contributed by atoms with E-state index in [9.17, 15) is 0 Å². The van der Waals surface area contributed by atoms with Gasteiger partial charge in [0.2, 0.25) is 0 Å². The zero-order valence-electron chi connectivity index (χ0n) is 9.67. The van der Waals surface area contributed by atoms with Gasteiger partial charge in [-0.2, -0.15) is 0 Å². The lowest BCUT2D eigenvalue weighted by Gasteiger charge is -2.42. The summed E-state index contributed by atoms with van der Waals surface area (Å²) < 4.78 is 0. The molecule has 0 unspecified atom stereocenters. The maximum atomic E-state index is 5.90. The maximum Gasteiger partial charge on any atom is 0.0124 e. The van der Waals surface area contributed by atoms with Gasteiger partial charge in [-0.15, -0.1) is 0 Å². The minimum atomic E-state index is 0.488. The van der Waals surface area contributed by atoms with Crippen molar-refractivity contribution in [3.63, 3.8) is 0 Å². The van der Waals surface area contributed by atoms with Gasteiger partial charge < -0.3 is 11.1 Å². The summed E-state index contributed by atoms with van der Waals surface area (Å²) in [5, 5.41) is 3.86. The van der Waals surface area contributed by atoms with Crippen LogP contribution in [0.4, 0.5) is 0 Å². The van der Waals surface area contributed by atoms with E-state index in [0.717, 1.165) is 24.4 Å². The zero-order valence-corrected chi connectivity index (χ0v) is 9.67. The van der Waals surface area contributed by atoms with Crippen LogP contribution < -0.4 is 11.1 Å². The standard InChI is InChI=1S/C13H24N2/c14-8-13(6-1-7-13)9-15-12(10-2-3-10)11-4-5-11/h10-12,15H,1-9,14H2. The average Bonchev–Trinajstić information content (AvgIpc) is 2.99. The molecule has 0 aliphatic heterocycles. The fourth-order valence-electron chi connectivity index (χ4n) is 3.09. The van der Waals surface area contributed by atoms with E-state index < -0.39 is 0 Å².